The molecule has 0 bridgehead atoms. The lowest BCUT2D eigenvalue weighted by Gasteiger charge is -2.26. The Morgan fingerprint density at radius 1 is 0.276 bits per heavy atom. The van der Waals surface area contributed by atoms with E-state index in [0.29, 0.717) is 0 Å². The van der Waals surface area contributed by atoms with Gasteiger partial charge in [-0.2, -0.15) is 0 Å². The fraction of sp³-hybridized carbons (Fsp3) is 0. The quantitative estimate of drug-likeness (QED) is 0.172. The van der Waals surface area contributed by atoms with Crippen LogP contribution >= 0.6 is 0 Å². The Morgan fingerprint density at radius 3 is 1.55 bits per heavy atom. The van der Waals surface area contributed by atoms with Crippen LogP contribution in [0.25, 0.3) is 93.1 Å². The molecule has 0 N–H and O–H groups in total. The number of hydrogen-bond donors (Lipinski definition) is 0. The number of nitrogens with zero attached hydrogens (tertiary/aromatic N) is 4. The normalized spacial score (nSPS) is 12.1. The maximum Gasteiger partial charge on any atom is 0.0619 e. The summed E-state index contributed by atoms with van der Waals surface area (Å²) in [5.74, 6) is 0. The molecule has 4 nitrogen and oxygen atoms in total. The van der Waals surface area contributed by atoms with Crippen molar-refractivity contribution in [1.82, 2.24) is 13.5 Å². The molecule has 0 fully saturated rings. The Labute approximate surface area is 333 Å². The van der Waals surface area contributed by atoms with Gasteiger partial charge in [-0.15, -0.1) is 0 Å². The van der Waals surface area contributed by atoms with E-state index in [1.165, 1.54) is 81.7 Å². The van der Waals surface area contributed by atoms with Crippen LogP contribution in [-0.4, -0.2) is 13.5 Å². The molecule has 270 valence electrons. The molecule has 4 heterocycles. The zero-order valence-electron chi connectivity index (χ0n) is 31.4. The molecule has 0 atom stereocenters. The van der Waals surface area contributed by atoms with Crippen molar-refractivity contribution < 1.29 is 0 Å². The Balaban J connectivity index is 1.03. The largest absolute Gasteiger partial charge is 0.310 e. The van der Waals surface area contributed by atoms with Crippen LogP contribution in [0.2, 0.25) is 0 Å². The second-order valence-corrected chi connectivity index (χ2v) is 15.3. The van der Waals surface area contributed by atoms with Crippen LogP contribution in [0.4, 0.5) is 17.1 Å². The molecule has 0 aliphatic heterocycles. The second-order valence-electron chi connectivity index (χ2n) is 15.3. The Morgan fingerprint density at radius 2 is 0.759 bits per heavy atom. The number of benzene rings is 9. The van der Waals surface area contributed by atoms with E-state index in [4.69, 9.17) is 0 Å². The van der Waals surface area contributed by atoms with E-state index in [1.807, 2.05) is 0 Å². The van der Waals surface area contributed by atoms with E-state index in [2.05, 4.69) is 225 Å². The molecule has 13 aromatic rings. The van der Waals surface area contributed by atoms with Gasteiger partial charge in [0.1, 0.15) is 0 Å². The van der Waals surface area contributed by atoms with Gasteiger partial charge in [0.2, 0.25) is 0 Å². The molecule has 0 unspecified atom stereocenters. The van der Waals surface area contributed by atoms with Gasteiger partial charge in [-0.3, -0.25) is 0 Å². The lowest BCUT2D eigenvalue weighted by atomic mass is 10.0. The van der Waals surface area contributed by atoms with Crippen LogP contribution in [-0.2, 0) is 0 Å². The minimum Gasteiger partial charge on any atom is -0.310 e. The fourth-order valence-electron chi connectivity index (χ4n) is 9.99. The predicted octanol–water partition coefficient (Wildman–Crippen LogP) is 14.5. The monoisotopic (exact) mass is 738 g/mol. The van der Waals surface area contributed by atoms with Gasteiger partial charge in [0.15, 0.2) is 0 Å². The summed E-state index contributed by atoms with van der Waals surface area (Å²) in [7, 11) is 0. The van der Waals surface area contributed by atoms with E-state index in [1.54, 1.807) is 0 Å². The van der Waals surface area contributed by atoms with Crippen LogP contribution in [0.15, 0.2) is 206 Å². The van der Waals surface area contributed by atoms with Crippen LogP contribution in [0, 0.1) is 0 Å². The molecule has 58 heavy (non-hydrogen) atoms. The van der Waals surface area contributed by atoms with Crippen molar-refractivity contribution in [3.63, 3.8) is 0 Å². The highest BCUT2D eigenvalue weighted by Gasteiger charge is 2.22. The lowest BCUT2D eigenvalue weighted by molar-refractivity contribution is 1.17. The standard InChI is InChI=1S/C54H34N4/c1-3-14-35(15-4-1)55(39-32-33-42-40-18-7-9-23-46(40)56(51(42)34-39)36-16-5-2-6-17-36)37-28-30-38(31-29-37)57-48-25-12-20-43-45-22-11-21-44-41-19-8-10-24-47(41)58(54(44)45)50-27-13-26-49(57)53(50)52(43)48/h1-34H. The first-order valence-electron chi connectivity index (χ1n) is 20.0. The zero-order valence-corrected chi connectivity index (χ0v) is 31.4. The molecule has 0 amide bonds. The van der Waals surface area contributed by atoms with Gasteiger partial charge in [-0.1, -0.05) is 115 Å². The minimum absolute atomic E-state index is 1.09. The maximum atomic E-state index is 2.50. The average molecular weight is 739 g/mol. The van der Waals surface area contributed by atoms with Gasteiger partial charge < -0.3 is 18.4 Å². The molecule has 13 rings (SSSR count). The Bertz CT molecular complexity index is 3720. The van der Waals surface area contributed by atoms with Crippen molar-refractivity contribution in [2.75, 3.05) is 4.90 Å². The molecule has 0 spiro atoms. The number of aromatic nitrogens is 3. The van der Waals surface area contributed by atoms with Crippen molar-refractivity contribution in [2.45, 2.75) is 0 Å². The van der Waals surface area contributed by atoms with Gasteiger partial charge in [-0.05, 0) is 96.4 Å². The molecular weight excluding hydrogens is 705 g/mol. The summed E-state index contributed by atoms with van der Waals surface area (Å²) in [6.45, 7) is 0. The maximum absolute atomic E-state index is 2.50. The van der Waals surface area contributed by atoms with Crippen LogP contribution < -0.4 is 4.90 Å². The summed E-state index contributed by atoms with van der Waals surface area (Å²) in [6, 6.07) is 75.3. The summed E-state index contributed by atoms with van der Waals surface area (Å²) in [6.07, 6.45) is 0. The van der Waals surface area contributed by atoms with Crippen molar-refractivity contribution >= 4 is 98.8 Å². The highest BCUT2D eigenvalue weighted by atomic mass is 15.1. The van der Waals surface area contributed by atoms with Crippen molar-refractivity contribution in [1.29, 1.82) is 0 Å². The van der Waals surface area contributed by atoms with Gasteiger partial charge in [0, 0.05) is 66.1 Å². The molecular formula is C54H34N4. The molecule has 4 aromatic heterocycles. The number of anilines is 3. The second kappa shape index (κ2) is 11.8. The molecule has 0 radical (unpaired) electrons. The SMILES string of the molecule is c1ccc(N(c2ccc(-n3c4cccc5c6cccc7c8ccccc8n(c8cccc3c8c54)c67)cc2)c2ccc3c4ccccc4n(-c4ccccc4)c3c2)cc1. The molecule has 4 heteroatoms. The van der Waals surface area contributed by atoms with Gasteiger partial charge in [-0.25, -0.2) is 0 Å². The average Bonchev–Trinajstić information content (AvgIpc) is 3.90. The summed E-state index contributed by atoms with van der Waals surface area (Å²) in [4.78, 5) is 2.37. The topological polar surface area (TPSA) is 17.5 Å². The van der Waals surface area contributed by atoms with E-state index in [-0.39, 0.29) is 0 Å². The zero-order chi connectivity index (χ0) is 37.9. The van der Waals surface area contributed by atoms with Crippen LogP contribution in [0.5, 0.6) is 0 Å². The van der Waals surface area contributed by atoms with E-state index < -0.39 is 0 Å². The molecule has 0 saturated heterocycles. The van der Waals surface area contributed by atoms with E-state index in [9.17, 15) is 0 Å². The number of para-hydroxylation sites is 5. The Hall–Kier alpha value is -7.82. The summed E-state index contributed by atoms with van der Waals surface area (Å²) in [5, 5.41) is 10.2. The van der Waals surface area contributed by atoms with Crippen molar-refractivity contribution in [2.24, 2.45) is 0 Å². The van der Waals surface area contributed by atoms with Crippen molar-refractivity contribution in [3.8, 4) is 11.4 Å². The Kier molecular flexibility index (Phi) is 6.41. The summed E-state index contributed by atoms with van der Waals surface area (Å²) in [5.41, 5.74) is 14.1. The van der Waals surface area contributed by atoms with Crippen LogP contribution in [0.1, 0.15) is 0 Å². The third kappa shape index (κ3) is 4.23. The highest BCUT2D eigenvalue weighted by molar-refractivity contribution is 6.31. The third-order valence-corrected chi connectivity index (χ3v) is 12.3. The first-order chi connectivity index (χ1) is 28.8. The minimum atomic E-state index is 1.09. The fourth-order valence-corrected chi connectivity index (χ4v) is 9.99. The first-order valence-corrected chi connectivity index (χ1v) is 20.0. The first kappa shape index (κ1) is 31.4. The number of fused-ring (bicyclic) bond motifs is 8. The highest BCUT2D eigenvalue weighted by Crippen LogP contribution is 2.45. The van der Waals surface area contributed by atoms with Crippen LogP contribution in [0.3, 0.4) is 0 Å². The van der Waals surface area contributed by atoms with Gasteiger partial charge in [0.05, 0.1) is 38.6 Å². The molecule has 0 saturated carbocycles. The third-order valence-electron chi connectivity index (χ3n) is 12.3. The summed E-state index contributed by atoms with van der Waals surface area (Å²) >= 11 is 0. The smallest absolute Gasteiger partial charge is 0.0619 e. The van der Waals surface area contributed by atoms with E-state index >= 15 is 0 Å². The number of rotatable bonds is 5. The molecule has 0 aliphatic carbocycles. The van der Waals surface area contributed by atoms with Crippen molar-refractivity contribution in [3.05, 3.63) is 206 Å². The predicted molar refractivity (Wildman–Crippen MR) is 244 cm³/mol. The molecule has 0 aliphatic rings. The van der Waals surface area contributed by atoms with E-state index in [0.717, 1.165) is 28.4 Å². The van der Waals surface area contributed by atoms with Gasteiger partial charge >= 0.3 is 0 Å². The van der Waals surface area contributed by atoms with Gasteiger partial charge in [0.25, 0.3) is 0 Å². The number of hydrogen-bond acceptors (Lipinski definition) is 1. The lowest BCUT2D eigenvalue weighted by Crippen LogP contribution is -2.10. The summed E-state index contributed by atoms with van der Waals surface area (Å²) < 4.78 is 7.34. The molecule has 9 aromatic carbocycles.